The summed E-state index contributed by atoms with van der Waals surface area (Å²) in [6.45, 7) is 0.503. The summed E-state index contributed by atoms with van der Waals surface area (Å²) in [5.41, 5.74) is 6.20. The Balaban J connectivity index is 1.41. The van der Waals surface area contributed by atoms with E-state index in [2.05, 4.69) is 33.5 Å². The Bertz CT molecular complexity index is 1390. The van der Waals surface area contributed by atoms with Crippen molar-refractivity contribution < 1.29 is 9.84 Å². The highest BCUT2D eigenvalue weighted by molar-refractivity contribution is 6.32. The second kappa shape index (κ2) is 8.97. The number of methoxy groups -OCH3 is 1. The molecule has 0 aliphatic rings. The summed E-state index contributed by atoms with van der Waals surface area (Å²) >= 11 is 6.32. The number of benzene rings is 2. The number of nitrogens with one attached hydrogen (secondary N) is 2. The second-order valence-electron chi connectivity index (χ2n) is 7.58. The van der Waals surface area contributed by atoms with Gasteiger partial charge in [-0.05, 0) is 53.1 Å². The summed E-state index contributed by atoms with van der Waals surface area (Å²) < 4.78 is 7.22. The van der Waals surface area contributed by atoms with E-state index in [9.17, 15) is 5.11 Å². The molecule has 0 saturated carbocycles. The Kier molecular flexibility index (Phi) is 5.73. The molecule has 3 heterocycles. The van der Waals surface area contributed by atoms with E-state index in [-0.39, 0.29) is 6.61 Å². The van der Waals surface area contributed by atoms with Gasteiger partial charge in [0.2, 0.25) is 0 Å². The second-order valence-corrected chi connectivity index (χ2v) is 7.98. The number of pyridine rings is 1. The van der Waals surface area contributed by atoms with Crippen LogP contribution >= 0.6 is 11.6 Å². The summed E-state index contributed by atoms with van der Waals surface area (Å²) in [6, 6.07) is 15.9. The summed E-state index contributed by atoms with van der Waals surface area (Å²) in [5.74, 6) is 1.42. The van der Waals surface area contributed by atoms with Gasteiger partial charge in [-0.2, -0.15) is 0 Å². The van der Waals surface area contributed by atoms with Gasteiger partial charge < -0.3 is 24.5 Å². The van der Waals surface area contributed by atoms with Gasteiger partial charge in [0.1, 0.15) is 17.2 Å². The number of ether oxygens (including phenoxy) is 1. The first-order valence-corrected chi connectivity index (χ1v) is 10.8. The molecule has 0 fully saturated rings. The smallest absolute Gasteiger partial charge is 0.138 e. The van der Waals surface area contributed by atoms with Crippen LogP contribution in [0.4, 0.5) is 5.69 Å². The standard InChI is InChI=1S/C25H22ClN5O2/c1-33-23-10-18(15-32)20(12-21(23)26)22-14-31-9-6-17(11-25(31)30-22)16-2-4-19(5-3-16)29-13-24-27-7-8-28-24/h2-12,14,29,32H,13,15H2,1H3,(H,27,28). The fourth-order valence-corrected chi connectivity index (χ4v) is 4.01. The van der Waals surface area contributed by atoms with Crippen LogP contribution in [0.25, 0.3) is 28.0 Å². The van der Waals surface area contributed by atoms with Crippen molar-refractivity contribution in [3.8, 4) is 28.1 Å². The molecule has 8 heteroatoms. The number of hydrogen-bond acceptors (Lipinski definition) is 5. The zero-order chi connectivity index (χ0) is 22.8. The Hall–Kier alpha value is -3.81. The maximum absolute atomic E-state index is 9.83. The highest BCUT2D eigenvalue weighted by atomic mass is 35.5. The lowest BCUT2D eigenvalue weighted by Crippen LogP contribution is -2.00. The largest absolute Gasteiger partial charge is 0.495 e. The minimum atomic E-state index is -0.137. The van der Waals surface area contributed by atoms with E-state index in [4.69, 9.17) is 21.3 Å². The molecular formula is C25H22ClN5O2. The minimum Gasteiger partial charge on any atom is -0.495 e. The Labute approximate surface area is 195 Å². The summed E-state index contributed by atoms with van der Waals surface area (Å²) in [5, 5.41) is 13.7. The Morgan fingerprint density at radius 2 is 1.97 bits per heavy atom. The average molecular weight is 460 g/mol. The monoisotopic (exact) mass is 459 g/mol. The zero-order valence-corrected chi connectivity index (χ0v) is 18.7. The van der Waals surface area contributed by atoms with Crippen LogP contribution in [0.1, 0.15) is 11.4 Å². The van der Waals surface area contributed by atoms with Crippen molar-refractivity contribution in [2.75, 3.05) is 12.4 Å². The van der Waals surface area contributed by atoms with Gasteiger partial charge in [-0.25, -0.2) is 9.97 Å². The Morgan fingerprint density at radius 3 is 2.70 bits per heavy atom. The van der Waals surface area contributed by atoms with E-state index in [0.717, 1.165) is 39.5 Å². The van der Waals surface area contributed by atoms with Crippen molar-refractivity contribution >= 4 is 22.9 Å². The topological polar surface area (TPSA) is 87.5 Å². The van der Waals surface area contributed by atoms with Gasteiger partial charge in [0.15, 0.2) is 0 Å². The molecule has 166 valence electrons. The molecule has 0 unspecified atom stereocenters. The molecule has 0 spiro atoms. The number of anilines is 1. The molecule has 0 bridgehead atoms. The van der Waals surface area contributed by atoms with Gasteiger partial charge in [0, 0.05) is 36.0 Å². The van der Waals surface area contributed by atoms with Gasteiger partial charge in [0.05, 0.1) is 31.0 Å². The molecule has 0 amide bonds. The van der Waals surface area contributed by atoms with Crippen molar-refractivity contribution in [1.29, 1.82) is 0 Å². The molecule has 5 aromatic rings. The number of fused-ring (bicyclic) bond motifs is 1. The van der Waals surface area contributed by atoms with Crippen LogP contribution in [0, 0.1) is 0 Å². The van der Waals surface area contributed by atoms with E-state index < -0.39 is 0 Å². The van der Waals surface area contributed by atoms with E-state index in [1.807, 2.05) is 41.2 Å². The number of halogens is 1. The molecule has 2 aromatic carbocycles. The van der Waals surface area contributed by atoms with Crippen LogP contribution in [-0.2, 0) is 13.2 Å². The van der Waals surface area contributed by atoms with Crippen molar-refractivity contribution in [2.24, 2.45) is 0 Å². The fraction of sp³-hybridized carbons (Fsp3) is 0.120. The lowest BCUT2D eigenvalue weighted by atomic mass is 10.1. The molecule has 0 saturated heterocycles. The number of aliphatic hydroxyl groups excluding tert-OH is 1. The van der Waals surface area contributed by atoms with Crippen LogP contribution in [0.3, 0.4) is 0 Å². The number of aromatic nitrogens is 4. The lowest BCUT2D eigenvalue weighted by molar-refractivity contribution is 0.281. The van der Waals surface area contributed by atoms with Crippen LogP contribution in [-0.4, -0.2) is 31.6 Å². The first-order chi connectivity index (χ1) is 16.1. The summed E-state index contributed by atoms with van der Waals surface area (Å²) in [6.07, 6.45) is 7.46. The summed E-state index contributed by atoms with van der Waals surface area (Å²) in [7, 11) is 1.55. The third kappa shape index (κ3) is 4.28. The highest BCUT2D eigenvalue weighted by Gasteiger charge is 2.14. The van der Waals surface area contributed by atoms with Crippen molar-refractivity contribution in [3.05, 3.63) is 89.7 Å². The predicted molar refractivity (Wildman–Crippen MR) is 129 cm³/mol. The van der Waals surface area contributed by atoms with E-state index in [1.54, 1.807) is 25.4 Å². The maximum Gasteiger partial charge on any atom is 0.138 e. The van der Waals surface area contributed by atoms with Crippen molar-refractivity contribution in [3.63, 3.8) is 0 Å². The molecule has 3 N–H and O–H groups in total. The SMILES string of the molecule is COc1cc(CO)c(-c2cn3ccc(-c4ccc(NCc5ncc[nH]5)cc4)cc3n2)cc1Cl. The highest BCUT2D eigenvalue weighted by Crippen LogP contribution is 2.34. The van der Waals surface area contributed by atoms with Crippen LogP contribution in [0.5, 0.6) is 5.75 Å². The first kappa shape index (κ1) is 21.1. The Morgan fingerprint density at radius 1 is 1.12 bits per heavy atom. The van der Waals surface area contributed by atoms with Crippen LogP contribution in [0.15, 0.2) is 73.3 Å². The van der Waals surface area contributed by atoms with Crippen molar-refractivity contribution in [2.45, 2.75) is 13.2 Å². The quantitative estimate of drug-likeness (QED) is 0.313. The number of aromatic amines is 1. The molecule has 33 heavy (non-hydrogen) atoms. The number of imidazole rings is 2. The van der Waals surface area contributed by atoms with E-state index >= 15 is 0 Å². The molecule has 0 aliphatic heterocycles. The molecule has 0 aliphatic carbocycles. The number of nitrogens with zero attached hydrogens (tertiary/aromatic N) is 3. The summed E-state index contributed by atoms with van der Waals surface area (Å²) in [4.78, 5) is 12.1. The zero-order valence-electron chi connectivity index (χ0n) is 17.9. The van der Waals surface area contributed by atoms with Crippen molar-refractivity contribution in [1.82, 2.24) is 19.4 Å². The third-order valence-electron chi connectivity index (χ3n) is 5.52. The molecule has 0 atom stereocenters. The predicted octanol–water partition coefficient (Wildman–Crippen LogP) is 5.16. The van der Waals surface area contributed by atoms with Gasteiger partial charge in [-0.1, -0.05) is 23.7 Å². The molecule has 7 nitrogen and oxygen atoms in total. The minimum absolute atomic E-state index is 0.137. The van der Waals surface area contributed by atoms with Crippen LogP contribution < -0.4 is 10.1 Å². The number of aliphatic hydroxyl groups is 1. The lowest BCUT2D eigenvalue weighted by Gasteiger charge is -2.09. The van der Waals surface area contributed by atoms with Gasteiger partial charge in [-0.15, -0.1) is 0 Å². The van der Waals surface area contributed by atoms with E-state index in [1.165, 1.54) is 0 Å². The molecule has 0 radical (unpaired) electrons. The molecule has 3 aromatic heterocycles. The van der Waals surface area contributed by atoms with Gasteiger partial charge >= 0.3 is 0 Å². The van der Waals surface area contributed by atoms with Gasteiger partial charge in [-0.3, -0.25) is 0 Å². The normalized spacial score (nSPS) is 11.1. The van der Waals surface area contributed by atoms with E-state index in [0.29, 0.717) is 22.9 Å². The number of rotatable bonds is 7. The number of H-pyrrole nitrogens is 1. The maximum atomic E-state index is 9.83. The molecule has 5 rings (SSSR count). The van der Waals surface area contributed by atoms with Gasteiger partial charge in [0.25, 0.3) is 0 Å². The first-order valence-electron chi connectivity index (χ1n) is 10.4. The van der Waals surface area contributed by atoms with Crippen LogP contribution in [0.2, 0.25) is 5.02 Å². The molecular weight excluding hydrogens is 438 g/mol. The fourth-order valence-electron chi connectivity index (χ4n) is 3.77. The number of hydrogen-bond donors (Lipinski definition) is 3. The third-order valence-corrected chi connectivity index (χ3v) is 5.81. The average Bonchev–Trinajstić information content (AvgIpc) is 3.52.